The van der Waals surface area contributed by atoms with Crippen molar-refractivity contribution in [2.45, 2.75) is 31.7 Å². The third-order valence-electron chi connectivity index (χ3n) is 4.17. The molecule has 2 heterocycles. The number of nitrogens with zero attached hydrogens (tertiary/aromatic N) is 1. The molecular weight excluding hydrogens is 264 g/mol. The van der Waals surface area contributed by atoms with Crippen LogP contribution in [0.5, 0.6) is 5.75 Å². The van der Waals surface area contributed by atoms with Gasteiger partial charge in [-0.1, -0.05) is 18.6 Å². The normalized spacial score (nSPS) is 21.6. The van der Waals surface area contributed by atoms with Crippen molar-refractivity contribution in [2.75, 3.05) is 24.6 Å². The summed E-state index contributed by atoms with van der Waals surface area (Å²) in [7, 11) is 0. The van der Waals surface area contributed by atoms with Crippen molar-refractivity contribution >= 4 is 11.6 Å². The van der Waals surface area contributed by atoms with Crippen molar-refractivity contribution in [3.8, 4) is 5.75 Å². The van der Waals surface area contributed by atoms with Gasteiger partial charge in [-0.05, 0) is 43.5 Å². The van der Waals surface area contributed by atoms with Crippen LogP contribution in [0.2, 0.25) is 0 Å². The molecule has 0 bridgehead atoms. The van der Waals surface area contributed by atoms with E-state index < -0.39 is 0 Å². The van der Waals surface area contributed by atoms with Gasteiger partial charge in [0.2, 0.25) is 0 Å². The highest BCUT2D eigenvalue weighted by molar-refractivity contribution is 5.98. The Bertz CT molecular complexity index is 536. The molecule has 112 valence electrons. The van der Waals surface area contributed by atoms with Crippen LogP contribution in [0.25, 0.3) is 0 Å². The number of piperidine rings is 1. The first kappa shape index (κ1) is 14.1. The Morgan fingerprint density at radius 3 is 3.10 bits per heavy atom. The molecule has 1 N–H and O–H groups in total. The Labute approximate surface area is 125 Å². The van der Waals surface area contributed by atoms with Gasteiger partial charge in [0.05, 0.1) is 5.69 Å². The van der Waals surface area contributed by atoms with Gasteiger partial charge in [-0.25, -0.2) is 0 Å². The minimum atomic E-state index is -0.00431. The molecule has 3 rings (SSSR count). The van der Waals surface area contributed by atoms with E-state index >= 15 is 0 Å². The number of benzene rings is 1. The molecule has 1 aromatic rings. The Balaban J connectivity index is 1.81. The molecule has 21 heavy (non-hydrogen) atoms. The quantitative estimate of drug-likeness (QED) is 0.863. The van der Waals surface area contributed by atoms with Crippen molar-refractivity contribution in [3.05, 3.63) is 36.4 Å². The number of ether oxygens (including phenoxy) is 1. The first-order chi connectivity index (χ1) is 10.3. The Hall–Kier alpha value is -1.81. The standard InChI is InChI=1S/C17H22N2O2/c1-2-9-19-15-11-13(10-14-5-3-4-8-18-14)6-7-16(15)21-12-17(19)20/h2,6-7,11,14,18H,1,3-5,8-10,12H2. The zero-order chi connectivity index (χ0) is 14.7. The smallest absolute Gasteiger partial charge is 0.265 e. The molecule has 2 aliphatic rings. The summed E-state index contributed by atoms with van der Waals surface area (Å²) >= 11 is 0. The second-order valence-corrected chi connectivity index (χ2v) is 5.73. The predicted molar refractivity (Wildman–Crippen MR) is 83.8 cm³/mol. The number of rotatable bonds is 4. The molecular formula is C17H22N2O2. The number of anilines is 1. The van der Waals surface area contributed by atoms with Gasteiger partial charge in [0, 0.05) is 12.6 Å². The van der Waals surface area contributed by atoms with E-state index in [1.807, 2.05) is 6.07 Å². The molecule has 4 nitrogen and oxygen atoms in total. The van der Waals surface area contributed by atoms with Crippen LogP contribution in [-0.4, -0.2) is 31.6 Å². The average molecular weight is 286 g/mol. The van der Waals surface area contributed by atoms with Crippen LogP contribution in [-0.2, 0) is 11.2 Å². The molecule has 1 fully saturated rings. The van der Waals surface area contributed by atoms with Gasteiger partial charge in [-0.3, -0.25) is 4.79 Å². The van der Waals surface area contributed by atoms with Crippen LogP contribution in [0.3, 0.4) is 0 Å². The van der Waals surface area contributed by atoms with Crippen molar-refractivity contribution in [1.82, 2.24) is 5.32 Å². The Kier molecular flexibility index (Phi) is 4.25. The van der Waals surface area contributed by atoms with E-state index in [9.17, 15) is 4.79 Å². The van der Waals surface area contributed by atoms with Crippen LogP contribution >= 0.6 is 0 Å². The molecule has 0 saturated carbocycles. The van der Waals surface area contributed by atoms with E-state index in [-0.39, 0.29) is 12.5 Å². The van der Waals surface area contributed by atoms with Gasteiger partial charge in [0.25, 0.3) is 5.91 Å². The van der Waals surface area contributed by atoms with E-state index in [0.717, 1.165) is 24.4 Å². The fraction of sp³-hybridized carbons (Fsp3) is 0.471. The van der Waals surface area contributed by atoms with Crippen molar-refractivity contribution in [3.63, 3.8) is 0 Å². The maximum atomic E-state index is 12.0. The van der Waals surface area contributed by atoms with Gasteiger partial charge >= 0.3 is 0 Å². The number of carbonyl (C=O) groups excluding carboxylic acids is 1. The highest BCUT2D eigenvalue weighted by atomic mass is 16.5. The zero-order valence-corrected chi connectivity index (χ0v) is 12.3. The lowest BCUT2D eigenvalue weighted by molar-refractivity contribution is -0.121. The summed E-state index contributed by atoms with van der Waals surface area (Å²) in [6.07, 6.45) is 6.55. The van der Waals surface area contributed by atoms with Gasteiger partial charge in [0.15, 0.2) is 6.61 Å². The summed E-state index contributed by atoms with van der Waals surface area (Å²) in [5.41, 5.74) is 2.12. The van der Waals surface area contributed by atoms with Crippen molar-refractivity contribution < 1.29 is 9.53 Å². The Morgan fingerprint density at radius 1 is 1.43 bits per heavy atom. The maximum Gasteiger partial charge on any atom is 0.265 e. The summed E-state index contributed by atoms with van der Waals surface area (Å²) in [4.78, 5) is 13.7. The molecule has 0 aliphatic carbocycles. The molecule has 1 atom stereocenters. The molecule has 1 saturated heterocycles. The minimum Gasteiger partial charge on any atom is -0.482 e. The molecule has 0 radical (unpaired) electrons. The SMILES string of the molecule is C=CCN1C(=O)COc2ccc(CC3CCCCN3)cc21. The van der Waals surface area contributed by atoms with Crippen LogP contribution in [0.4, 0.5) is 5.69 Å². The highest BCUT2D eigenvalue weighted by Crippen LogP contribution is 2.33. The number of carbonyl (C=O) groups is 1. The van der Waals surface area contributed by atoms with Crippen molar-refractivity contribution in [2.24, 2.45) is 0 Å². The fourth-order valence-electron chi connectivity index (χ4n) is 3.09. The minimum absolute atomic E-state index is 0.00431. The summed E-state index contributed by atoms with van der Waals surface area (Å²) in [6, 6.07) is 6.73. The van der Waals surface area contributed by atoms with E-state index in [2.05, 4.69) is 24.0 Å². The monoisotopic (exact) mass is 286 g/mol. The van der Waals surface area contributed by atoms with E-state index in [1.54, 1.807) is 11.0 Å². The van der Waals surface area contributed by atoms with Crippen molar-refractivity contribution in [1.29, 1.82) is 0 Å². The summed E-state index contributed by atoms with van der Waals surface area (Å²) in [5.74, 6) is 0.784. The number of hydrogen-bond donors (Lipinski definition) is 1. The zero-order valence-electron chi connectivity index (χ0n) is 12.3. The molecule has 1 unspecified atom stereocenters. The Morgan fingerprint density at radius 2 is 2.33 bits per heavy atom. The lowest BCUT2D eigenvalue weighted by Crippen LogP contribution is -2.39. The molecule has 1 amide bonds. The van der Waals surface area contributed by atoms with Gasteiger partial charge in [-0.15, -0.1) is 6.58 Å². The van der Waals surface area contributed by atoms with Gasteiger partial charge in [-0.2, -0.15) is 0 Å². The first-order valence-electron chi connectivity index (χ1n) is 7.68. The van der Waals surface area contributed by atoms with E-state index in [0.29, 0.717) is 12.6 Å². The van der Waals surface area contributed by atoms with Crippen LogP contribution < -0.4 is 15.0 Å². The second-order valence-electron chi connectivity index (χ2n) is 5.73. The summed E-state index contributed by atoms with van der Waals surface area (Å²) in [6.45, 7) is 5.49. The average Bonchev–Trinajstić information content (AvgIpc) is 2.51. The first-order valence-corrected chi connectivity index (χ1v) is 7.68. The lowest BCUT2D eigenvalue weighted by Gasteiger charge is -2.29. The second kappa shape index (κ2) is 6.31. The molecule has 2 aliphatic heterocycles. The summed E-state index contributed by atoms with van der Waals surface area (Å²) in [5, 5.41) is 3.56. The molecule has 1 aromatic carbocycles. The van der Waals surface area contributed by atoms with Crippen LogP contribution in [0.1, 0.15) is 24.8 Å². The predicted octanol–water partition coefficient (Wildman–Crippen LogP) is 2.28. The molecule has 0 aromatic heterocycles. The topological polar surface area (TPSA) is 41.6 Å². The van der Waals surface area contributed by atoms with E-state index in [4.69, 9.17) is 4.74 Å². The highest BCUT2D eigenvalue weighted by Gasteiger charge is 2.25. The lowest BCUT2D eigenvalue weighted by atomic mass is 9.97. The molecule has 4 heteroatoms. The van der Waals surface area contributed by atoms with Gasteiger partial charge < -0.3 is 15.0 Å². The number of nitrogens with one attached hydrogen (secondary N) is 1. The third-order valence-corrected chi connectivity index (χ3v) is 4.17. The maximum absolute atomic E-state index is 12.0. The van der Waals surface area contributed by atoms with E-state index in [1.165, 1.54) is 24.8 Å². The van der Waals surface area contributed by atoms with Crippen LogP contribution in [0.15, 0.2) is 30.9 Å². The largest absolute Gasteiger partial charge is 0.482 e. The number of hydrogen-bond acceptors (Lipinski definition) is 3. The fourth-order valence-corrected chi connectivity index (χ4v) is 3.09. The number of fused-ring (bicyclic) bond motifs is 1. The van der Waals surface area contributed by atoms with Crippen LogP contribution in [0, 0.1) is 0 Å². The molecule has 0 spiro atoms. The number of amides is 1. The van der Waals surface area contributed by atoms with Gasteiger partial charge in [0.1, 0.15) is 5.75 Å². The summed E-state index contributed by atoms with van der Waals surface area (Å²) < 4.78 is 5.52. The third kappa shape index (κ3) is 3.10.